The van der Waals surface area contributed by atoms with Crippen molar-refractivity contribution in [1.82, 2.24) is 14.5 Å². The number of fused-ring (bicyclic) bond motifs is 1. The van der Waals surface area contributed by atoms with Gasteiger partial charge in [-0.3, -0.25) is 9.36 Å². The zero-order chi connectivity index (χ0) is 27.8. The number of rotatable bonds is 7. The predicted molar refractivity (Wildman–Crippen MR) is 140 cm³/mol. The zero-order valence-electron chi connectivity index (χ0n) is 21.9. The van der Waals surface area contributed by atoms with Crippen LogP contribution in [-0.4, -0.2) is 45.2 Å². The van der Waals surface area contributed by atoms with Gasteiger partial charge < -0.3 is 14.7 Å². The summed E-state index contributed by atoms with van der Waals surface area (Å²) in [5.74, 6) is 0.696. The summed E-state index contributed by atoms with van der Waals surface area (Å²) in [4.78, 5) is 19.9. The van der Waals surface area contributed by atoms with Crippen LogP contribution in [-0.2, 0) is 12.7 Å². The first-order valence-corrected chi connectivity index (χ1v) is 12.2. The summed E-state index contributed by atoms with van der Waals surface area (Å²) in [6.07, 6.45) is -4.52. The van der Waals surface area contributed by atoms with Gasteiger partial charge in [0, 0.05) is 11.3 Å². The molecule has 6 nitrogen and oxygen atoms in total. The summed E-state index contributed by atoms with van der Waals surface area (Å²) in [6, 6.07) is 13.7. The number of imidazole rings is 1. The van der Waals surface area contributed by atoms with Gasteiger partial charge in [0.05, 0.1) is 42.9 Å². The van der Waals surface area contributed by atoms with Gasteiger partial charge in [-0.05, 0) is 81.3 Å². The fraction of sp³-hybridized carbons (Fsp3) is 0.310. The van der Waals surface area contributed by atoms with E-state index in [2.05, 4.69) is 4.98 Å². The summed E-state index contributed by atoms with van der Waals surface area (Å²) in [7, 11) is 1.54. The van der Waals surface area contributed by atoms with E-state index in [9.17, 15) is 23.1 Å². The van der Waals surface area contributed by atoms with Crippen LogP contribution in [0.15, 0.2) is 54.6 Å². The van der Waals surface area contributed by atoms with Gasteiger partial charge in [0.1, 0.15) is 11.6 Å². The lowest BCUT2D eigenvalue weighted by molar-refractivity contribution is -0.137. The fourth-order valence-electron chi connectivity index (χ4n) is 4.77. The lowest BCUT2D eigenvalue weighted by Crippen LogP contribution is -2.41. The van der Waals surface area contributed by atoms with Crippen LogP contribution in [0.5, 0.6) is 5.75 Å². The maximum absolute atomic E-state index is 13.8. The van der Waals surface area contributed by atoms with Crippen molar-refractivity contribution in [2.24, 2.45) is 0 Å². The predicted octanol–water partition coefficient (Wildman–Crippen LogP) is 6.00. The number of halogens is 3. The molecule has 38 heavy (non-hydrogen) atoms. The molecule has 0 spiro atoms. The molecule has 3 aromatic carbocycles. The van der Waals surface area contributed by atoms with Gasteiger partial charge in [-0.1, -0.05) is 17.7 Å². The first-order chi connectivity index (χ1) is 17.9. The van der Waals surface area contributed by atoms with Crippen LogP contribution in [0.25, 0.3) is 16.7 Å². The Morgan fingerprint density at radius 1 is 1.05 bits per heavy atom. The molecule has 0 fully saturated rings. The number of carbonyl (C=O) groups is 1. The number of amides is 1. The second-order valence-corrected chi connectivity index (χ2v) is 9.50. The molecule has 0 aliphatic rings. The van der Waals surface area contributed by atoms with Gasteiger partial charge in [-0.2, -0.15) is 13.2 Å². The Hall–Kier alpha value is -3.85. The van der Waals surface area contributed by atoms with Crippen LogP contribution < -0.4 is 4.74 Å². The number of ether oxygens (including phenoxy) is 1. The van der Waals surface area contributed by atoms with Crippen LogP contribution >= 0.6 is 0 Å². The fourth-order valence-corrected chi connectivity index (χ4v) is 4.77. The van der Waals surface area contributed by atoms with Gasteiger partial charge in [-0.15, -0.1) is 0 Å². The number of methoxy groups -OCH3 is 1. The molecule has 1 unspecified atom stereocenters. The molecule has 0 aliphatic heterocycles. The number of aryl methyl sites for hydroxylation is 3. The van der Waals surface area contributed by atoms with E-state index in [0.29, 0.717) is 28.3 Å². The molecule has 200 valence electrons. The van der Waals surface area contributed by atoms with E-state index in [1.54, 1.807) is 42.9 Å². The maximum Gasteiger partial charge on any atom is 0.416 e. The molecule has 1 atom stereocenters. The molecule has 4 rings (SSSR count). The number of aliphatic hydroxyl groups excluding tert-OH is 1. The second kappa shape index (κ2) is 10.5. The minimum Gasteiger partial charge on any atom is -0.497 e. The van der Waals surface area contributed by atoms with Crippen molar-refractivity contribution in [2.45, 2.75) is 46.5 Å². The molecular weight excluding hydrogens is 495 g/mol. The first-order valence-electron chi connectivity index (χ1n) is 12.2. The number of benzene rings is 3. The van der Waals surface area contributed by atoms with E-state index in [0.717, 1.165) is 28.8 Å². The Bertz CT molecular complexity index is 1450. The number of nitrogens with zero attached hydrogens (tertiary/aromatic N) is 3. The Morgan fingerprint density at radius 2 is 1.68 bits per heavy atom. The van der Waals surface area contributed by atoms with Crippen LogP contribution in [0, 0.1) is 20.8 Å². The van der Waals surface area contributed by atoms with E-state index in [4.69, 9.17) is 4.74 Å². The normalized spacial score (nSPS) is 12.6. The average molecular weight is 526 g/mol. The first kappa shape index (κ1) is 27.2. The van der Waals surface area contributed by atoms with E-state index < -0.39 is 17.8 Å². The topological polar surface area (TPSA) is 67.6 Å². The number of hydrogen-bond donors (Lipinski definition) is 1. The quantitative estimate of drug-likeness (QED) is 0.321. The van der Waals surface area contributed by atoms with Crippen molar-refractivity contribution in [2.75, 3.05) is 13.7 Å². The van der Waals surface area contributed by atoms with E-state index in [1.807, 2.05) is 32.9 Å². The number of carbonyl (C=O) groups excluding carboxylic acids is 1. The maximum atomic E-state index is 13.8. The summed E-state index contributed by atoms with van der Waals surface area (Å²) in [5, 5.41) is 10.0. The van der Waals surface area contributed by atoms with Crippen molar-refractivity contribution in [3.05, 3.63) is 88.2 Å². The molecule has 4 aromatic rings. The number of hydrogen-bond acceptors (Lipinski definition) is 4. The summed E-state index contributed by atoms with van der Waals surface area (Å²) >= 11 is 0. The molecule has 9 heteroatoms. The van der Waals surface area contributed by atoms with Crippen LogP contribution in [0.2, 0.25) is 0 Å². The standard InChI is InChI=1S/C29H30F3N3O3/c1-17-12-18(2)27(19(3)13-17)28(37)34(20(4)16-36)15-26-33-24-14-21(29(30,31)32)6-11-25(24)35(26)22-7-9-23(38-5)10-8-22/h6-14,20,36H,15-16H2,1-5H3. The van der Waals surface area contributed by atoms with Crippen LogP contribution in [0.1, 0.15) is 45.4 Å². The molecule has 0 aliphatic carbocycles. The van der Waals surface area contributed by atoms with Crippen molar-refractivity contribution in [3.8, 4) is 11.4 Å². The lowest BCUT2D eigenvalue weighted by Gasteiger charge is -2.29. The van der Waals surface area contributed by atoms with Gasteiger partial charge in [0.2, 0.25) is 0 Å². The summed E-state index contributed by atoms with van der Waals surface area (Å²) < 4.78 is 47.4. The molecule has 0 radical (unpaired) electrons. The third-order valence-corrected chi connectivity index (χ3v) is 6.64. The Balaban J connectivity index is 1.88. The van der Waals surface area contributed by atoms with E-state index >= 15 is 0 Å². The summed E-state index contributed by atoms with van der Waals surface area (Å²) in [5.41, 5.74) is 3.63. The third kappa shape index (κ3) is 5.24. The molecule has 1 N–H and O–H groups in total. The molecule has 0 bridgehead atoms. The van der Waals surface area contributed by atoms with Crippen LogP contribution in [0.4, 0.5) is 13.2 Å². The third-order valence-electron chi connectivity index (χ3n) is 6.64. The largest absolute Gasteiger partial charge is 0.497 e. The van der Waals surface area contributed by atoms with Gasteiger partial charge in [0.25, 0.3) is 5.91 Å². The highest BCUT2D eigenvalue weighted by Gasteiger charge is 2.32. The smallest absolute Gasteiger partial charge is 0.416 e. The summed E-state index contributed by atoms with van der Waals surface area (Å²) in [6.45, 7) is 7.07. The van der Waals surface area contributed by atoms with Crippen molar-refractivity contribution < 1.29 is 27.8 Å². The van der Waals surface area contributed by atoms with E-state index in [1.165, 1.54) is 11.0 Å². The molecule has 1 amide bonds. The Morgan fingerprint density at radius 3 is 2.24 bits per heavy atom. The molecule has 1 aromatic heterocycles. The van der Waals surface area contributed by atoms with Crippen molar-refractivity contribution in [3.63, 3.8) is 0 Å². The van der Waals surface area contributed by atoms with Crippen LogP contribution in [0.3, 0.4) is 0 Å². The van der Waals surface area contributed by atoms with Gasteiger partial charge >= 0.3 is 6.18 Å². The molecule has 1 heterocycles. The second-order valence-electron chi connectivity index (χ2n) is 9.50. The number of alkyl halides is 3. The molecule has 0 saturated carbocycles. The monoisotopic (exact) mass is 525 g/mol. The zero-order valence-corrected chi connectivity index (χ0v) is 21.9. The molecular formula is C29H30F3N3O3. The Kier molecular flexibility index (Phi) is 7.51. The highest BCUT2D eigenvalue weighted by molar-refractivity contribution is 5.97. The average Bonchev–Trinajstić information content (AvgIpc) is 3.23. The Labute approximate surface area is 219 Å². The van der Waals surface area contributed by atoms with Gasteiger partial charge in [0.15, 0.2) is 0 Å². The SMILES string of the molecule is COc1ccc(-n2c(CN(C(=O)c3c(C)cc(C)cc3C)C(C)CO)nc3cc(C(F)(F)F)ccc32)cc1. The number of aliphatic hydroxyl groups is 1. The van der Waals surface area contributed by atoms with Crippen molar-refractivity contribution in [1.29, 1.82) is 0 Å². The minimum absolute atomic E-state index is 0.0324. The highest BCUT2D eigenvalue weighted by Crippen LogP contribution is 2.33. The minimum atomic E-state index is -4.52. The molecule has 0 saturated heterocycles. The number of aromatic nitrogens is 2. The van der Waals surface area contributed by atoms with E-state index in [-0.39, 0.29) is 24.6 Å². The lowest BCUT2D eigenvalue weighted by atomic mass is 9.98. The highest BCUT2D eigenvalue weighted by atomic mass is 19.4. The van der Waals surface area contributed by atoms with Gasteiger partial charge in [-0.25, -0.2) is 4.98 Å². The van der Waals surface area contributed by atoms with Crippen molar-refractivity contribution >= 4 is 16.9 Å².